The standard InChI is InChI=1S/C15H23NO2/c1-12-7-8-16(11-15(12)18)10-14(17)9-13-5-3-2-4-6-13/h2-6,12,14-15,17-18H,7-11H2,1H3. The Hall–Kier alpha value is -0.900. The lowest BCUT2D eigenvalue weighted by Gasteiger charge is -2.35. The number of nitrogens with zero attached hydrogens (tertiary/aromatic N) is 1. The van der Waals surface area contributed by atoms with Gasteiger partial charge in [-0.3, -0.25) is 4.90 Å². The molecule has 0 saturated carbocycles. The Bertz CT molecular complexity index is 355. The van der Waals surface area contributed by atoms with Crippen LogP contribution in [-0.4, -0.2) is 47.0 Å². The van der Waals surface area contributed by atoms with Crippen LogP contribution < -0.4 is 0 Å². The number of benzene rings is 1. The lowest BCUT2D eigenvalue weighted by Crippen LogP contribution is -2.46. The van der Waals surface area contributed by atoms with Crippen molar-refractivity contribution in [2.75, 3.05) is 19.6 Å². The van der Waals surface area contributed by atoms with Crippen molar-refractivity contribution in [3.05, 3.63) is 35.9 Å². The summed E-state index contributed by atoms with van der Waals surface area (Å²) in [4.78, 5) is 2.16. The fraction of sp³-hybridized carbons (Fsp3) is 0.600. The lowest BCUT2D eigenvalue weighted by molar-refractivity contribution is 0.00914. The molecule has 0 bridgehead atoms. The highest BCUT2D eigenvalue weighted by atomic mass is 16.3. The predicted octanol–water partition coefficient (Wildman–Crippen LogP) is 1.29. The van der Waals surface area contributed by atoms with E-state index in [0.717, 1.165) is 18.5 Å². The minimum absolute atomic E-state index is 0.248. The zero-order valence-corrected chi connectivity index (χ0v) is 11.0. The van der Waals surface area contributed by atoms with Crippen molar-refractivity contribution in [1.82, 2.24) is 4.90 Å². The van der Waals surface area contributed by atoms with Gasteiger partial charge >= 0.3 is 0 Å². The highest BCUT2D eigenvalue weighted by molar-refractivity contribution is 5.15. The summed E-state index contributed by atoms with van der Waals surface area (Å²) in [6.45, 7) is 4.40. The molecule has 2 rings (SSSR count). The van der Waals surface area contributed by atoms with Crippen LogP contribution in [0.2, 0.25) is 0 Å². The third-order valence-corrected chi connectivity index (χ3v) is 3.79. The van der Waals surface area contributed by atoms with Crippen molar-refractivity contribution >= 4 is 0 Å². The number of piperidine rings is 1. The highest BCUT2D eigenvalue weighted by Gasteiger charge is 2.25. The number of hydrogen-bond acceptors (Lipinski definition) is 3. The summed E-state index contributed by atoms with van der Waals surface area (Å²) in [5, 5.41) is 19.9. The van der Waals surface area contributed by atoms with E-state index in [0.29, 0.717) is 25.4 Å². The van der Waals surface area contributed by atoms with Gasteiger partial charge in [0.25, 0.3) is 0 Å². The molecule has 3 heteroatoms. The fourth-order valence-electron chi connectivity index (χ4n) is 2.53. The minimum atomic E-state index is -0.354. The normalized spacial score (nSPS) is 27.1. The molecule has 1 saturated heterocycles. The van der Waals surface area contributed by atoms with E-state index in [1.54, 1.807) is 0 Å². The smallest absolute Gasteiger partial charge is 0.0707 e. The van der Waals surface area contributed by atoms with Gasteiger partial charge in [0, 0.05) is 13.1 Å². The largest absolute Gasteiger partial charge is 0.392 e. The summed E-state index contributed by atoms with van der Waals surface area (Å²) >= 11 is 0. The summed E-state index contributed by atoms with van der Waals surface area (Å²) < 4.78 is 0. The molecule has 1 heterocycles. The van der Waals surface area contributed by atoms with Gasteiger partial charge in [-0.2, -0.15) is 0 Å². The average molecular weight is 249 g/mol. The molecule has 3 unspecified atom stereocenters. The molecule has 0 spiro atoms. The van der Waals surface area contributed by atoms with Crippen LogP contribution >= 0.6 is 0 Å². The first-order valence-electron chi connectivity index (χ1n) is 6.77. The monoisotopic (exact) mass is 249 g/mol. The molecule has 0 radical (unpaired) electrons. The molecule has 1 aliphatic rings. The number of rotatable bonds is 4. The maximum Gasteiger partial charge on any atom is 0.0707 e. The fourth-order valence-corrected chi connectivity index (χ4v) is 2.53. The Morgan fingerprint density at radius 2 is 2.06 bits per heavy atom. The van der Waals surface area contributed by atoms with Crippen molar-refractivity contribution in [3.63, 3.8) is 0 Å². The van der Waals surface area contributed by atoms with Crippen LogP contribution in [0.1, 0.15) is 18.9 Å². The van der Waals surface area contributed by atoms with Gasteiger partial charge < -0.3 is 10.2 Å². The SMILES string of the molecule is CC1CCN(CC(O)Cc2ccccc2)CC1O. The lowest BCUT2D eigenvalue weighted by atomic mass is 9.95. The molecule has 0 amide bonds. The van der Waals surface area contributed by atoms with E-state index >= 15 is 0 Å². The first-order chi connectivity index (χ1) is 8.65. The Morgan fingerprint density at radius 3 is 2.72 bits per heavy atom. The molecular weight excluding hydrogens is 226 g/mol. The van der Waals surface area contributed by atoms with E-state index in [4.69, 9.17) is 0 Å². The number of aliphatic hydroxyl groups excluding tert-OH is 2. The van der Waals surface area contributed by atoms with E-state index in [9.17, 15) is 10.2 Å². The zero-order valence-electron chi connectivity index (χ0n) is 11.0. The van der Waals surface area contributed by atoms with Crippen LogP contribution in [-0.2, 0) is 6.42 Å². The molecule has 0 aromatic heterocycles. The van der Waals surface area contributed by atoms with E-state index in [-0.39, 0.29) is 12.2 Å². The summed E-state index contributed by atoms with van der Waals surface area (Å²) in [7, 11) is 0. The molecule has 1 aliphatic heterocycles. The van der Waals surface area contributed by atoms with Crippen molar-refractivity contribution in [2.45, 2.75) is 32.0 Å². The minimum Gasteiger partial charge on any atom is -0.392 e. The maximum atomic E-state index is 10.1. The van der Waals surface area contributed by atoms with Crippen LogP contribution in [0.3, 0.4) is 0 Å². The van der Waals surface area contributed by atoms with Gasteiger partial charge in [-0.05, 0) is 30.9 Å². The van der Waals surface area contributed by atoms with Crippen molar-refractivity contribution in [2.24, 2.45) is 5.92 Å². The van der Waals surface area contributed by atoms with E-state index in [1.165, 1.54) is 0 Å². The average Bonchev–Trinajstić information content (AvgIpc) is 2.35. The van der Waals surface area contributed by atoms with Gasteiger partial charge in [-0.15, -0.1) is 0 Å². The van der Waals surface area contributed by atoms with E-state index in [2.05, 4.69) is 11.8 Å². The van der Waals surface area contributed by atoms with Gasteiger partial charge in [-0.25, -0.2) is 0 Å². The van der Waals surface area contributed by atoms with Gasteiger partial charge in [-0.1, -0.05) is 37.3 Å². The molecule has 3 nitrogen and oxygen atoms in total. The Labute approximate surface area is 109 Å². The highest BCUT2D eigenvalue weighted by Crippen LogP contribution is 2.17. The van der Waals surface area contributed by atoms with Crippen LogP contribution in [0.25, 0.3) is 0 Å². The first-order valence-corrected chi connectivity index (χ1v) is 6.77. The molecule has 2 N–H and O–H groups in total. The third-order valence-electron chi connectivity index (χ3n) is 3.79. The zero-order chi connectivity index (χ0) is 13.0. The van der Waals surface area contributed by atoms with Crippen molar-refractivity contribution < 1.29 is 10.2 Å². The number of β-amino-alcohol motifs (C(OH)–C–C–N with tert-alkyl or cyclic N) is 2. The molecule has 1 aromatic rings. The van der Waals surface area contributed by atoms with Gasteiger partial charge in [0.05, 0.1) is 12.2 Å². The second-order valence-corrected chi connectivity index (χ2v) is 5.44. The van der Waals surface area contributed by atoms with Crippen LogP contribution in [0, 0.1) is 5.92 Å². The maximum absolute atomic E-state index is 10.1. The molecular formula is C15H23NO2. The first kappa shape index (κ1) is 13.5. The second-order valence-electron chi connectivity index (χ2n) is 5.44. The third kappa shape index (κ3) is 3.80. The molecule has 3 atom stereocenters. The Morgan fingerprint density at radius 1 is 1.33 bits per heavy atom. The van der Waals surface area contributed by atoms with Crippen molar-refractivity contribution in [1.29, 1.82) is 0 Å². The Balaban J connectivity index is 1.79. The second kappa shape index (κ2) is 6.32. The quantitative estimate of drug-likeness (QED) is 0.845. The Kier molecular flexibility index (Phi) is 4.75. The molecule has 100 valence electrons. The van der Waals surface area contributed by atoms with Crippen molar-refractivity contribution in [3.8, 4) is 0 Å². The van der Waals surface area contributed by atoms with E-state index in [1.807, 2.05) is 30.3 Å². The molecule has 1 aromatic carbocycles. The number of hydrogen-bond donors (Lipinski definition) is 2. The summed E-state index contributed by atoms with van der Waals surface area (Å²) in [5.41, 5.74) is 1.16. The van der Waals surface area contributed by atoms with Crippen LogP contribution in [0.5, 0.6) is 0 Å². The van der Waals surface area contributed by atoms with E-state index < -0.39 is 0 Å². The van der Waals surface area contributed by atoms with Gasteiger partial charge in [0.2, 0.25) is 0 Å². The topological polar surface area (TPSA) is 43.7 Å². The number of likely N-dealkylation sites (tertiary alicyclic amines) is 1. The van der Waals surface area contributed by atoms with Crippen LogP contribution in [0.15, 0.2) is 30.3 Å². The van der Waals surface area contributed by atoms with Gasteiger partial charge in [0.15, 0.2) is 0 Å². The summed E-state index contributed by atoms with van der Waals surface area (Å²) in [6, 6.07) is 10.0. The summed E-state index contributed by atoms with van der Waals surface area (Å²) in [5.74, 6) is 0.382. The van der Waals surface area contributed by atoms with Crippen LogP contribution in [0.4, 0.5) is 0 Å². The molecule has 0 aliphatic carbocycles. The molecule has 18 heavy (non-hydrogen) atoms. The molecule has 1 fully saturated rings. The number of aliphatic hydroxyl groups is 2. The predicted molar refractivity (Wildman–Crippen MR) is 72.4 cm³/mol. The summed E-state index contributed by atoms with van der Waals surface area (Å²) in [6.07, 6.45) is 1.10. The van der Waals surface area contributed by atoms with Gasteiger partial charge in [0.1, 0.15) is 0 Å².